The molecule has 6 heteroatoms. The summed E-state index contributed by atoms with van der Waals surface area (Å²) in [7, 11) is 1.45. The van der Waals surface area contributed by atoms with Crippen LogP contribution in [0.1, 0.15) is 0 Å². The summed E-state index contributed by atoms with van der Waals surface area (Å²) in [6.07, 6.45) is 0. The summed E-state index contributed by atoms with van der Waals surface area (Å²) in [5.41, 5.74) is 0.595. The minimum atomic E-state index is -0.401. The third kappa shape index (κ3) is 1.49. The van der Waals surface area contributed by atoms with Crippen LogP contribution in [0.15, 0.2) is 43.8 Å². The third-order valence-corrected chi connectivity index (χ3v) is 3.72. The van der Waals surface area contributed by atoms with Crippen LogP contribution in [-0.2, 0) is 7.05 Å². The van der Waals surface area contributed by atoms with E-state index in [9.17, 15) is 9.59 Å². The highest BCUT2D eigenvalue weighted by Gasteiger charge is 2.20. The summed E-state index contributed by atoms with van der Waals surface area (Å²) in [6.45, 7) is 0. The Kier molecular flexibility index (Phi) is 2.12. The van der Waals surface area contributed by atoms with Gasteiger partial charge in [0.1, 0.15) is 10.7 Å². The number of aromatic amines is 1. The quantitative estimate of drug-likeness (QED) is 0.587. The van der Waals surface area contributed by atoms with Gasteiger partial charge in [0.2, 0.25) is 0 Å². The maximum Gasteiger partial charge on any atom is 0.329 e. The summed E-state index contributed by atoms with van der Waals surface area (Å²) in [5, 5.41) is 3.62. The minimum absolute atomic E-state index is 0.314. The zero-order chi connectivity index (χ0) is 12.0. The van der Waals surface area contributed by atoms with Crippen LogP contribution in [0, 0.1) is 0 Å². The number of anilines is 2. The Morgan fingerprint density at radius 1 is 1.24 bits per heavy atom. The molecule has 0 saturated heterocycles. The van der Waals surface area contributed by atoms with Gasteiger partial charge in [0, 0.05) is 11.9 Å². The number of hydrogen-bond acceptors (Lipinski definition) is 4. The van der Waals surface area contributed by atoms with Crippen LogP contribution < -0.4 is 16.6 Å². The molecule has 3 rings (SSSR count). The molecule has 0 radical (unpaired) electrons. The molecule has 0 spiro atoms. The van der Waals surface area contributed by atoms with Gasteiger partial charge in [0.05, 0.1) is 5.69 Å². The lowest BCUT2D eigenvalue weighted by Crippen LogP contribution is -2.35. The van der Waals surface area contributed by atoms with Crippen molar-refractivity contribution >= 4 is 23.1 Å². The first-order valence-corrected chi connectivity index (χ1v) is 5.85. The predicted molar refractivity (Wildman–Crippen MR) is 66.2 cm³/mol. The summed E-state index contributed by atoms with van der Waals surface area (Å²) < 4.78 is 1.06. The zero-order valence-corrected chi connectivity index (χ0v) is 9.80. The summed E-state index contributed by atoms with van der Waals surface area (Å²) in [6, 6.07) is 7.65. The summed E-state index contributed by atoms with van der Waals surface area (Å²) in [5.74, 6) is 0. The average molecular weight is 247 g/mol. The number of nitrogens with zero attached hydrogens (tertiary/aromatic N) is 1. The number of hydrogen-bond donors (Lipinski definition) is 2. The van der Waals surface area contributed by atoms with E-state index >= 15 is 0 Å². The lowest BCUT2D eigenvalue weighted by atomic mass is 10.3. The van der Waals surface area contributed by atoms with Crippen molar-refractivity contribution in [3.63, 3.8) is 0 Å². The van der Waals surface area contributed by atoms with Crippen molar-refractivity contribution in [2.45, 2.75) is 9.92 Å². The Morgan fingerprint density at radius 3 is 2.82 bits per heavy atom. The van der Waals surface area contributed by atoms with Gasteiger partial charge < -0.3 is 5.32 Å². The van der Waals surface area contributed by atoms with E-state index in [-0.39, 0.29) is 5.56 Å². The number of fused-ring (bicyclic) bond motifs is 2. The van der Waals surface area contributed by atoms with Crippen molar-refractivity contribution in [1.29, 1.82) is 0 Å². The van der Waals surface area contributed by atoms with Crippen molar-refractivity contribution < 1.29 is 0 Å². The summed E-state index contributed by atoms with van der Waals surface area (Å²) >= 11 is 1.39. The fourth-order valence-corrected chi connectivity index (χ4v) is 2.67. The van der Waals surface area contributed by atoms with Gasteiger partial charge >= 0.3 is 5.69 Å². The standard InChI is InChI=1S/C11H9N3O2S/c1-14-10(15)8-9(13-11(14)16)17-7-5-3-2-4-6(7)12-8/h2-5,12H,1H3,(H,13,16). The highest BCUT2D eigenvalue weighted by Crippen LogP contribution is 2.40. The SMILES string of the molecule is Cn1c(=O)[nH]c2c(c1=O)Nc1ccccc1S2. The summed E-state index contributed by atoms with van der Waals surface area (Å²) in [4.78, 5) is 27.1. The molecule has 2 N–H and O–H groups in total. The number of benzene rings is 1. The maximum absolute atomic E-state index is 11.9. The first-order valence-electron chi connectivity index (χ1n) is 5.04. The molecule has 0 fully saturated rings. The molecule has 17 heavy (non-hydrogen) atoms. The topological polar surface area (TPSA) is 66.9 Å². The molecule has 0 unspecified atom stereocenters. The molecule has 2 aromatic rings. The van der Waals surface area contributed by atoms with Gasteiger partial charge in [-0.25, -0.2) is 4.79 Å². The Hall–Kier alpha value is -1.95. The van der Waals surface area contributed by atoms with Crippen LogP contribution in [-0.4, -0.2) is 9.55 Å². The molecule has 1 aliphatic heterocycles. The third-order valence-electron chi connectivity index (χ3n) is 2.63. The van der Waals surface area contributed by atoms with E-state index in [4.69, 9.17) is 0 Å². The minimum Gasteiger partial charge on any atom is -0.348 e. The van der Waals surface area contributed by atoms with Gasteiger partial charge in [-0.3, -0.25) is 14.3 Å². The van der Waals surface area contributed by atoms with Gasteiger partial charge in [-0.05, 0) is 12.1 Å². The highest BCUT2D eigenvalue weighted by atomic mass is 32.2. The highest BCUT2D eigenvalue weighted by molar-refractivity contribution is 7.99. The fraction of sp³-hybridized carbons (Fsp3) is 0.0909. The van der Waals surface area contributed by atoms with Crippen LogP contribution in [0.5, 0.6) is 0 Å². The molecule has 86 valence electrons. The Balaban J connectivity index is 2.25. The average Bonchev–Trinajstić information content (AvgIpc) is 2.34. The van der Waals surface area contributed by atoms with E-state index in [1.165, 1.54) is 18.8 Å². The van der Waals surface area contributed by atoms with E-state index in [0.717, 1.165) is 15.1 Å². The molecule has 1 aromatic heterocycles. The fourth-order valence-electron chi connectivity index (χ4n) is 1.69. The van der Waals surface area contributed by atoms with E-state index in [0.29, 0.717) is 10.7 Å². The zero-order valence-electron chi connectivity index (χ0n) is 8.98. The lowest BCUT2D eigenvalue weighted by Gasteiger charge is -2.19. The van der Waals surface area contributed by atoms with Gasteiger partial charge in [0.25, 0.3) is 5.56 Å². The molecule has 2 heterocycles. The number of rotatable bonds is 0. The normalized spacial score (nSPS) is 12.5. The Labute approximate surface area is 100 Å². The number of nitrogens with one attached hydrogen (secondary N) is 2. The molecule has 1 aromatic carbocycles. The van der Waals surface area contributed by atoms with Crippen molar-refractivity contribution in [3.8, 4) is 0 Å². The van der Waals surface area contributed by atoms with Gasteiger partial charge in [-0.2, -0.15) is 0 Å². The second-order valence-corrected chi connectivity index (χ2v) is 4.77. The second-order valence-electron chi connectivity index (χ2n) is 3.72. The lowest BCUT2D eigenvalue weighted by molar-refractivity contribution is 0.752. The molecular formula is C11H9N3O2S. The molecule has 0 amide bonds. The van der Waals surface area contributed by atoms with E-state index in [1.54, 1.807) is 0 Å². The number of aromatic nitrogens is 2. The molecule has 1 aliphatic rings. The number of H-pyrrole nitrogens is 1. The largest absolute Gasteiger partial charge is 0.348 e. The van der Waals surface area contributed by atoms with Gasteiger partial charge in [0.15, 0.2) is 0 Å². The van der Waals surface area contributed by atoms with Crippen LogP contribution in [0.2, 0.25) is 0 Å². The van der Waals surface area contributed by atoms with Gasteiger partial charge in [-0.15, -0.1) is 0 Å². The van der Waals surface area contributed by atoms with Crippen LogP contribution in [0.25, 0.3) is 0 Å². The predicted octanol–water partition coefficient (Wildman–Crippen LogP) is 1.28. The molecule has 0 atom stereocenters. The molecule has 5 nitrogen and oxygen atoms in total. The molecule has 0 bridgehead atoms. The van der Waals surface area contributed by atoms with Gasteiger partial charge in [-0.1, -0.05) is 23.9 Å². The first kappa shape index (κ1) is 10.2. The molecule has 0 aliphatic carbocycles. The van der Waals surface area contributed by atoms with E-state index in [1.807, 2.05) is 24.3 Å². The molecule has 0 saturated carbocycles. The van der Waals surface area contributed by atoms with Crippen LogP contribution in [0.3, 0.4) is 0 Å². The van der Waals surface area contributed by atoms with E-state index < -0.39 is 5.69 Å². The maximum atomic E-state index is 11.9. The Morgan fingerprint density at radius 2 is 2.00 bits per heavy atom. The van der Waals surface area contributed by atoms with Crippen LogP contribution in [0.4, 0.5) is 11.4 Å². The molecular weight excluding hydrogens is 238 g/mol. The Bertz CT molecular complexity index is 717. The smallest absolute Gasteiger partial charge is 0.329 e. The van der Waals surface area contributed by atoms with Crippen LogP contribution >= 0.6 is 11.8 Å². The van der Waals surface area contributed by atoms with E-state index in [2.05, 4.69) is 10.3 Å². The monoisotopic (exact) mass is 247 g/mol. The number of para-hydroxylation sites is 1. The van der Waals surface area contributed by atoms with Crippen molar-refractivity contribution in [2.75, 3.05) is 5.32 Å². The van der Waals surface area contributed by atoms with Crippen molar-refractivity contribution in [1.82, 2.24) is 9.55 Å². The van der Waals surface area contributed by atoms with Crippen molar-refractivity contribution in [3.05, 3.63) is 45.1 Å². The first-order chi connectivity index (χ1) is 8.16. The van der Waals surface area contributed by atoms with Crippen molar-refractivity contribution in [2.24, 2.45) is 7.05 Å². The second kappa shape index (κ2) is 3.53.